The molecule has 0 spiro atoms. The van der Waals surface area contributed by atoms with Crippen molar-refractivity contribution in [1.29, 1.82) is 0 Å². The van der Waals surface area contributed by atoms with E-state index in [1.54, 1.807) is 24.3 Å². The zero-order valence-electron chi connectivity index (χ0n) is 16.0. The Morgan fingerprint density at radius 3 is 2.19 bits per heavy atom. The molecule has 1 atom stereocenters. The van der Waals surface area contributed by atoms with Crippen LogP contribution in [0.25, 0.3) is 0 Å². The van der Waals surface area contributed by atoms with E-state index in [1.807, 2.05) is 26.8 Å². The molecule has 0 heterocycles. The van der Waals surface area contributed by atoms with Crippen molar-refractivity contribution >= 4 is 21.6 Å². The summed E-state index contributed by atoms with van der Waals surface area (Å²) in [7, 11) is -3.58. The largest absolute Gasteiger partial charge is 0.454 e. The maximum atomic E-state index is 12.4. The van der Waals surface area contributed by atoms with E-state index in [0.29, 0.717) is 5.56 Å². The minimum absolute atomic E-state index is 0.167. The number of hydrogen-bond acceptors (Lipinski definition) is 5. The predicted molar refractivity (Wildman–Crippen MR) is 104 cm³/mol. The average molecular weight is 388 g/mol. The highest BCUT2D eigenvalue weighted by Gasteiger charge is 2.22. The second-order valence-electron chi connectivity index (χ2n) is 6.68. The highest BCUT2D eigenvalue weighted by molar-refractivity contribution is 7.91. The zero-order valence-corrected chi connectivity index (χ0v) is 16.8. The molecule has 0 saturated heterocycles. The summed E-state index contributed by atoms with van der Waals surface area (Å²) in [5, 5.41) is 0. The molecule has 0 amide bonds. The van der Waals surface area contributed by atoms with Crippen molar-refractivity contribution in [2.75, 3.05) is 5.75 Å². The number of esters is 1. The van der Waals surface area contributed by atoms with Crippen molar-refractivity contribution in [3.05, 3.63) is 64.7 Å². The minimum Gasteiger partial charge on any atom is -0.454 e. The number of ether oxygens (including phenoxy) is 1. The lowest BCUT2D eigenvalue weighted by molar-refractivity contribution is -0.145. The number of carbonyl (C=O) groups excluding carboxylic acids is 2. The monoisotopic (exact) mass is 388 g/mol. The number of Topliss-reactive ketones (excluding diaryl/α,β-unsaturated/α-hetero) is 1. The highest BCUT2D eigenvalue weighted by atomic mass is 32.2. The van der Waals surface area contributed by atoms with Crippen LogP contribution in [0.2, 0.25) is 0 Å². The fourth-order valence-corrected chi connectivity index (χ4v) is 3.74. The lowest BCUT2D eigenvalue weighted by atomic mass is 10.0. The maximum absolute atomic E-state index is 12.4. The summed E-state index contributed by atoms with van der Waals surface area (Å²) in [5.41, 5.74) is 3.46. The van der Waals surface area contributed by atoms with E-state index in [1.165, 1.54) is 19.1 Å². The van der Waals surface area contributed by atoms with Gasteiger partial charge in [0.1, 0.15) is 0 Å². The zero-order chi connectivity index (χ0) is 20.2. The molecule has 2 aromatic rings. The van der Waals surface area contributed by atoms with Crippen LogP contribution in [0.5, 0.6) is 0 Å². The van der Waals surface area contributed by atoms with E-state index in [0.717, 1.165) is 16.7 Å². The summed E-state index contributed by atoms with van der Waals surface area (Å²) >= 11 is 0. The van der Waals surface area contributed by atoms with E-state index < -0.39 is 21.9 Å². The van der Waals surface area contributed by atoms with Crippen LogP contribution in [0.4, 0.5) is 0 Å². The Morgan fingerprint density at radius 2 is 1.59 bits per heavy atom. The van der Waals surface area contributed by atoms with Crippen LogP contribution in [0.3, 0.4) is 0 Å². The third-order valence-corrected chi connectivity index (χ3v) is 6.16. The van der Waals surface area contributed by atoms with Crippen molar-refractivity contribution in [1.82, 2.24) is 0 Å². The second-order valence-corrected chi connectivity index (χ2v) is 8.79. The van der Waals surface area contributed by atoms with Crippen LogP contribution >= 0.6 is 0 Å². The van der Waals surface area contributed by atoms with Crippen molar-refractivity contribution in [3.63, 3.8) is 0 Å². The fraction of sp³-hybridized carbons (Fsp3) is 0.333. The van der Waals surface area contributed by atoms with Gasteiger partial charge in [0, 0.05) is 5.56 Å². The van der Waals surface area contributed by atoms with Gasteiger partial charge in [0.15, 0.2) is 15.9 Å². The van der Waals surface area contributed by atoms with Crippen molar-refractivity contribution in [2.45, 2.75) is 45.1 Å². The number of hydrogen-bond donors (Lipinski definition) is 0. The topological polar surface area (TPSA) is 77.5 Å². The number of carbonyl (C=O) groups is 2. The van der Waals surface area contributed by atoms with Gasteiger partial charge in [0.25, 0.3) is 0 Å². The summed E-state index contributed by atoms with van der Waals surface area (Å²) < 4.78 is 29.7. The van der Waals surface area contributed by atoms with Gasteiger partial charge < -0.3 is 4.74 Å². The Kier molecular flexibility index (Phi) is 6.54. The van der Waals surface area contributed by atoms with Gasteiger partial charge in [-0.05, 0) is 57.0 Å². The van der Waals surface area contributed by atoms with Gasteiger partial charge in [-0.1, -0.05) is 29.8 Å². The van der Waals surface area contributed by atoms with E-state index in [-0.39, 0.29) is 22.9 Å². The Morgan fingerprint density at radius 1 is 0.963 bits per heavy atom. The van der Waals surface area contributed by atoms with Crippen LogP contribution in [0.1, 0.15) is 40.4 Å². The smallest absolute Gasteiger partial charge is 0.307 e. The molecule has 0 saturated carbocycles. The van der Waals surface area contributed by atoms with Gasteiger partial charge in [-0.2, -0.15) is 0 Å². The molecule has 5 nitrogen and oxygen atoms in total. The third kappa shape index (κ3) is 5.50. The summed E-state index contributed by atoms with van der Waals surface area (Å²) in [4.78, 5) is 24.6. The number of sulfone groups is 1. The maximum Gasteiger partial charge on any atom is 0.307 e. The normalized spacial score (nSPS) is 12.4. The molecule has 27 heavy (non-hydrogen) atoms. The molecule has 0 aromatic heterocycles. The first-order chi connectivity index (χ1) is 12.6. The summed E-state index contributed by atoms with van der Waals surface area (Å²) in [5.74, 6) is -1.39. The summed E-state index contributed by atoms with van der Waals surface area (Å²) in [6.07, 6.45) is -1.28. The molecule has 6 heteroatoms. The molecule has 2 aromatic carbocycles. The lowest BCUT2D eigenvalue weighted by Crippen LogP contribution is -2.25. The van der Waals surface area contributed by atoms with Gasteiger partial charge >= 0.3 is 5.97 Å². The lowest BCUT2D eigenvalue weighted by Gasteiger charge is -2.13. The van der Waals surface area contributed by atoms with Gasteiger partial charge in [-0.15, -0.1) is 0 Å². The molecule has 0 aliphatic heterocycles. The van der Waals surface area contributed by atoms with Crippen LogP contribution in [-0.4, -0.2) is 32.0 Å². The standard InChI is InChI=1S/C21H24O5S/c1-14-5-9-19(10-6-14)27(24,25)12-11-20(22)26-17(4)21(23)18-8-7-15(2)16(3)13-18/h5-10,13,17H,11-12H2,1-4H3/t17-/m0/s1. The van der Waals surface area contributed by atoms with Crippen molar-refractivity contribution in [3.8, 4) is 0 Å². The van der Waals surface area contributed by atoms with E-state index >= 15 is 0 Å². The van der Waals surface area contributed by atoms with Gasteiger partial charge in [0.05, 0.1) is 17.1 Å². The van der Waals surface area contributed by atoms with Crippen LogP contribution in [0, 0.1) is 20.8 Å². The van der Waals surface area contributed by atoms with Crippen molar-refractivity contribution in [2.24, 2.45) is 0 Å². The van der Waals surface area contributed by atoms with Crippen LogP contribution in [0.15, 0.2) is 47.4 Å². The van der Waals surface area contributed by atoms with Crippen molar-refractivity contribution < 1.29 is 22.7 Å². The number of aryl methyl sites for hydroxylation is 3. The molecule has 0 aliphatic carbocycles. The number of ketones is 1. The first-order valence-electron chi connectivity index (χ1n) is 8.70. The quantitative estimate of drug-likeness (QED) is 0.535. The highest BCUT2D eigenvalue weighted by Crippen LogP contribution is 2.15. The SMILES string of the molecule is Cc1ccc(S(=O)(=O)CCC(=O)O[C@@H](C)C(=O)c2ccc(C)c(C)c2)cc1. The molecule has 0 aliphatic rings. The Hall–Kier alpha value is -2.47. The van der Waals surface area contributed by atoms with Gasteiger partial charge in [-0.25, -0.2) is 8.42 Å². The first kappa shape index (κ1) is 20.8. The average Bonchev–Trinajstić information content (AvgIpc) is 2.62. The molecular formula is C21H24O5S. The first-order valence-corrected chi connectivity index (χ1v) is 10.4. The Balaban J connectivity index is 1.95. The van der Waals surface area contributed by atoms with Crippen LogP contribution < -0.4 is 0 Å². The Labute approximate surface area is 160 Å². The molecule has 0 radical (unpaired) electrons. The molecule has 0 unspecified atom stereocenters. The molecule has 0 N–H and O–H groups in total. The molecule has 144 valence electrons. The van der Waals surface area contributed by atoms with E-state index in [4.69, 9.17) is 4.74 Å². The number of benzene rings is 2. The summed E-state index contributed by atoms with van der Waals surface area (Å²) in [6.45, 7) is 7.20. The molecule has 2 rings (SSSR count). The van der Waals surface area contributed by atoms with E-state index in [2.05, 4.69) is 0 Å². The fourth-order valence-electron chi connectivity index (χ4n) is 2.52. The third-order valence-electron chi connectivity index (χ3n) is 4.42. The van der Waals surface area contributed by atoms with E-state index in [9.17, 15) is 18.0 Å². The molecular weight excluding hydrogens is 364 g/mol. The second kappa shape index (κ2) is 8.48. The van der Waals surface area contributed by atoms with Crippen LogP contribution in [-0.2, 0) is 19.4 Å². The molecule has 0 bridgehead atoms. The predicted octanol–water partition coefficient (Wildman–Crippen LogP) is 3.59. The summed E-state index contributed by atoms with van der Waals surface area (Å²) in [6, 6.07) is 11.7. The minimum atomic E-state index is -3.58. The molecule has 0 fully saturated rings. The van der Waals surface area contributed by atoms with Gasteiger partial charge in [-0.3, -0.25) is 9.59 Å². The number of rotatable bonds is 7. The Bertz CT molecular complexity index is 943. The van der Waals surface area contributed by atoms with Gasteiger partial charge in [0.2, 0.25) is 5.78 Å².